The van der Waals surface area contributed by atoms with Crippen LogP contribution in [0.3, 0.4) is 0 Å². The molecule has 16 heavy (non-hydrogen) atoms. The second kappa shape index (κ2) is 5.53. The van der Waals surface area contributed by atoms with E-state index in [-0.39, 0.29) is 6.10 Å². The van der Waals surface area contributed by atoms with Crippen molar-refractivity contribution in [3.8, 4) is 0 Å². The van der Waals surface area contributed by atoms with Crippen LogP contribution in [0.5, 0.6) is 0 Å². The van der Waals surface area contributed by atoms with E-state index in [1.165, 1.54) is 19.3 Å². The number of likely N-dealkylation sites (tertiary alicyclic amines) is 1. The molecule has 0 aromatic heterocycles. The lowest BCUT2D eigenvalue weighted by Gasteiger charge is -2.36. The molecular formula is C11H20N4O. The van der Waals surface area contributed by atoms with E-state index in [4.69, 9.17) is 5.53 Å². The molecule has 1 saturated carbocycles. The molecule has 0 aromatic carbocycles. The van der Waals surface area contributed by atoms with Crippen LogP contribution in [0.15, 0.2) is 5.11 Å². The number of azide groups is 1. The maximum absolute atomic E-state index is 9.93. The van der Waals surface area contributed by atoms with Gasteiger partial charge in [0.25, 0.3) is 0 Å². The van der Waals surface area contributed by atoms with E-state index in [1.54, 1.807) is 0 Å². The van der Waals surface area contributed by atoms with E-state index < -0.39 is 0 Å². The summed E-state index contributed by atoms with van der Waals surface area (Å²) in [7, 11) is 0. The summed E-state index contributed by atoms with van der Waals surface area (Å²) < 4.78 is 0. The summed E-state index contributed by atoms with van der Waals surface area (Å²) in [6.45, 7) is 3.28. The highest BCUT2D eigenvalue weighted by molar-refractivity contribution is 4.85. The van der Waals surface area contributed by atoms with Gasteiger partial charge >= 0.3 is 0 Å². The van der Waals surface area contributed by atoms with Crippen molar-refractivity contribution in [1.29, 1.82) is 0 Å². The summed E-state index contributed by atoms with van der Waals surface area (Å²) in [4.78, 5) is 5.08. The zero-order valence-corrected chi connectivity index (χ0v) is 9.62. The van der Waals surface area contributed by atoms with Crippen molar-refractivity contribution in [3.63, 3.8) is 0 Å². The Balaban J connectivity index is 1.75. The van der Waals surface area contributed by atoms with Gasteiger partial charge in [-0.1, -0.05) is 18.0 Å². The van der Waals surface area contributed by atoms with Crippen molar-refractivity contribution < 1.29 is 5.11 Å². The first kappa shape index (κ1) is 11.7. The van der Waals surface area contributed by atoms with Gasteiger partial charge in [0.1, 0.15) is 0 Å². The molecule has 2 atom stereocenters. The molecule has 2 unspecified atom stereocenters. The molecule has 0 aromatic rings. The lowest BCUT2D eigenvalue weighted by molar-refractivity contribution is 0.0217. The second-order valence-electron chi connectivity index (χ2n) is 5.05. The third kappa shape index (κ3) is 3.37. The average molecular weight is 224 g/mol. The number of hydrogen-bond acceptors (Lipinski definition) is 3. The Bertz CT molecular complexity index is 273. The summed E-state index contributed by atoms with van der Waals surface area (Å²) in [6, 6.07) is 0. The van der Waals surface area contributed by atoms with E-state index in [2.05, 4.69) is 14.9 Å². The van der Waals surface area contributed by atoms with Crippen molar-refractivity contribution in [2.24, 2.45) is 17.0 Å². The molecule has 5 heteroatoms. The van der Waals surface area contributed by atoms with Gasteiger partial charge in [-0.3, -0.25) is 0 Å². The average Bonchev–Trinajstić information content (AvgIpc) is 3.07. The van der Waals surface area contributed by atoms with E-state index >= 15 is 0 Å². The van der Waals surface area contributed by atoms with Gasteiger partial charge in [-0.05, 0) is 30.2 Å². The van der Waals surface area contributed by atoms with Crippen LogP contribution in [0, 0.1) is 11.8 Å². The van der Waals surface area contributed by atoms with Crippen LogP contribution in [-0.2, 0) is 0 Å². The zero-order valence-electron chi connectivity index (χ0n) is 9.62. The van der Waals surface area contributed by atoms with Crippen molar-refractivity contribution in [1.82, 2.24) is 4.90 Å². The van der Waals surface area contributed by atoms with Crippen molar-refractivity contribution >= 4 is 0 Å². The highest BCUT2D eigenvalue weighted by atomic mass is 16.3. The minimum atomic E-state index is -0.115. The fourth-order valence-corrected chi connectivity index (χ4v) is 2.54. The maximum Gasteiger partial charge on any atom is 0.0592 e. The van der Waals surface area contributed by atoms with Gasteiger partial charge in [-0.15, -0.1) is 0 Å². The maximum atomic E-state index is 9.93. The number of piperidine rings is 1. The molecule has 0 radical (unpaired) electrons. The number of aliphatic hydroxyl groups excluding tert-OH is 1. The number of nitrogens with zero attached hydrogens (tertiary/aromatic N) is 4. The van der Waals surface area contributed by atoms with Gasteiger partial charge in [0.15, 0.2) is 0 Å². The summed E-state index contributed by atoms with van der Waals surface area (Å²) in [5.74, 6) is 1.31. The molecule has 0 bridgehead atoms. The molecular weight excluding hydrogens is 204 g/mol. The van der Waals surface area contributed by atoms with Crippen LogP contribution in [0.1, 0.15) is 25.7 Å². The molecule has 2 fully saturated rings. The zero-order chi connectivity index (χ0) is 11.4. The molecule has 1 heterocycles. The second-order valence-corrected chi connectivity index (χ2v) is 5.05. The fourth-order valence-electron chi connectivity index (χ4n) is 2.54. The minimum Gasteiger partial charge on any atom is -0.393 e. The van der Waals surface area contributed by atoms with Crippen LogP contribution < -0.4 is 0 Å². The fraction of sp³-hybridized carbons (Fsp3) is 1.00. The highest BCUT2D eigenvalue weighted by Gasteiger charge is 2.32. The number of hydrogen-bond donors (Lipinski definition) is 1. The molecule has 1 aliphatic heterocycles. The first-order chi connectivity index (χ1) is 7.79. The Morgan fingerprint density at radius 3 is 2.88 bits per heavy atom. The van der Waals surface area contributed by atoms with Gasteiger partial charge in [0.05, 0.1) is 6.10 Å². The van der Waals surface area contributed by atoms with Gasteiger partial charge < -0.3 is 10.0 Å². The SMILES string of the molecule is [N-]=[N+]=NCCN1CCC(O)C(CC2CC2)C1. The molecule has 5 nitrogen and oxygen atoms in total. The minimum absolute atomic E-state index is 0.115. The third-order valence-electron chi connectivity index (χ3n) is 3.69. The lowest BCUT2D eigenvalue weighted by atomic mass is 9.90. The van der Waals surface area contributed by atoms with Gasteiger partial charge in [0.2, 0.25) is 0 Å². The molecule has 0 spiro atoms. The van der Waals surface area contributed by atoms with Crippen molar-refractivity contribution in [2.75, 3.05) is 26.2 Å². The third-order valence-corrected chi connectivity index (χ3v) is 3.69. The molecule has 2 rings (SSSR count). The van der Waals surface area contributed by atoms with Crippen LogP contribution in [0.25, 0.3) is 10.4 Å². The molecule has 0 amide bonds. The Morgan fingerprint density at radius 2 is 2.19 bits per heavy atom. The Labute approximate surface area is 96.1 Å². The van der Waals surface area contributed by atoms with Crippen LogP contribution in [0.4, 0.5) is 0 Å². The summed E-state index contributed by atoms with van der Waals surface area (Å²) in [5.41, 5.74) is 8.22. The Hall–Kier alpha value is -0.770. The van der Waals surface area contributed by atoms with E-state index in [0.29, 0.717) is 12.5 Å². The van der Waals surface area contributed by atoms with Crippen molar-refractivity contribution in [2.45, 2.75) is 31.8 Å². The Morgan fingerprint density at radius 1 is 1.38 bits per heavy atom. The van der Waals surface area contributed by atoms with Crippen LogP contribution in [-0.4, -0.2) is 42.3 Å². The largest absolute Gasteiger partial charge is 0.393 e. The molecule has 90 valence electrons. The summed E-state index contributed by atoms with van der Waals surface area (Å²) in [6.07, 6.45) is 4.63. The summed E-state index contributed by atoms with van der Waals surface area (Å²) >= 11 is 0. The topological polar surface area (TPSA) is 72.2 Å². The molecule has 2 aliphatic rings. The normalized spacial score (nSPS) is 31.1. The van der Waals surface area contributed by atoms with Crippen LogP contribution >= 0.6 is 0 Å². The number of aliphatic hydroxyl groups is 1. The molecule has 1 aliphatic carbocycles. The predicted octanol–water partition coefficient (Wildman–Crippen LogP) is 1.78. The predicted molar refractivity (Wildman–Crippen MR) is 61.9 cm³/mol. The number of rotatable bonds is 5. The first-order valence-electron chi connectivity index (χ1n) is 6.21. The van der Waals surface area contributed by atoms with E-state index in [9.17, 15) is 5.11 Å². The highest BCUT2D eigenvalue weighted by Crippen LogP contribution is 2.37. The van der Waals surface area contributed by atoms with Gasteiger partial charge in [-0.25, -0.2) is 0 Å². The molecule has 1 N–H and O–H groups in total. The molecule has 1 saturated heterocycles. The Kier molecular flexibility index (Phi) is 4.04. The van der Waals surface area contributed by atoms with E-state index in [0.717, 1.165) is 32.0 Å². The standard InChI is InChI=1S/C11H20N4O/c12-14-13-4-6-15-5-3-11(16)10(8-15)7-9-1-2-9/h9-11,16H,1-8H2. The lowest BCUT2D eigenvalue weighted by Crippen LogP contribution is -2.44. The van der Waals surface area contributed by atoms with Gasteiger partial charge in [0, 0.05) is 31.1 Å². The smallest absolute Gasteiger partial charge is 0.0592 e. The monoisotopic (exact) mass is 224 g/mol. The van der Waals surface area contributed by atoms with Gasteiger partial charge in [-0.2, -0.15) is 0 Å². The van der Waals surface area contributed by atoms with Crippen LogP contribution in [0.2, 0.25) is 0 Å². The first-order valence-corrected chi connectivity index (χ1v) is 6.21. The quantitative estimate of drug-likeness (QED) is 0.439. The van der Waals surface area contributed by atoms with Crippen molar-refractivity contribution in [3.05, 3.63) is 10.4 Å². The summed E-state index contributed by atoms with van der Waals surface area (Å²) in [5, 5.41) is 13.5. The van der Waals surface area contributed by atoms with E-state index in [1.807, 2.05) is 0 Å².